The van der Waals surface area contributed by atoms with Gasteiger partial charge in [0.05, 0.1) is 10.2 Å². The molecule has 23 heavy (non-hydrogen) atoms. The molecule has 1 saturated carbocycles. The molecule has 0 spiro atoms. The number of carbonyl (C=O) groups is 2. The molecule has 2 N–H and O–H groups in total. The van der Waals surface area contributed by atoms with Crippen LogP contribution in [-0.4, -0.2) is 21.8 Å². The van der Waals surface area contributed by atoms with Gasteiger partial charge >= 0.3 is 6.01 Å². The lowest BCUT2D eigenvalue weighted by atomic mass is 10.3. The molecular weight excluding hydrogens is 316 g/mol. The van der Waals surface area contributed by atoms with Gasteiger partial charge in [0.1, 0.15) is 6.26 Å². The van der Waals surface area contributed by atoms with Gasteiger partial charge in [-0.25, -0.2) is 4.98 Å². The number of para-hydroxylation sites is 1. The molecule has 2 heterocycles. The van der Waals surface area contributed by atoms with Gasteiger partial charge in [-0.15, -0.1) is 0 Å². The monoisotopic (exact) mass is 328 g/mol. The van der Waals surface area contributed by atoms with Crippen LogP contribution in [0.1, 0.15) is 23.3 Å². The summed E-state index contributed by atoms with van der Waals surface area (Å²) in [4.78, 5) is 32.1. The average molecular weight is 328 g/mol. The second kappa shape index (κ2) is 5.47. The molecule has 4 rings (SSSR count). The first-order chi connectivity index (χ1) is 11.2. The summed E-state index contributed by atoms with van der Waals surface area (Å²) < 4.78 is 6.10. The van der Waals surface area contributed by atoms with Crippen molar-refractivity contribution >= 4 is 44.5 Å². The van der Waals surface area contributed by atoms with Crippen LogP contribution in [0, 0.1) is 5.92 Å². The van der Waals surface area contributed by atoms with E-state index in [0.29, 0.717) is 5.13 Å². The Kier molecular flexibility index (Phi) is 3.30. The molecule has 0 bridgehead atoms. The van der Waals surface area contributed by atoms with E-state index in [1.54, 1.807) is 0 Å². The van der Waals surface area contributed by atoms with Gasteiger partial charge in [0.15, 0.2) is 10.8 Å². The Bertz CT molecular complexity index is 864. The number of nitrogens with zero attached hydrogens (tertiary/aromatic N) is 2. The Hall–Kier alpha value is -2.74. The zero-order valence-electron chi connectivity index (χ0n) is 11.9. The fourth-order valence-corrected chi connectivity index (χ4v) is 2.94. The summed E-state index contributed by atoms with van der Waals surface area (Å²) in [6.07, 6.45) is 2.99. The van der Waals surface area contributed by atoms with E-state index >= 15 is 0 Å². The smallest absolute Gasteiger partial charge is 0.302 e. The van der Waals surface area contributed by atoms with Crippen LogP contribution in [0.2, 0.25) is 0 Å². The van der Waals surface area contributed by atoms with Gasteiger partial charge in [-0.3, -0.25) is 20.2 Å². The van der Waals surface area contributed by atoms with Gasteiger partial charge in [-0.2, -0.15) is 4.98 Å². The number of rotatable bonds is 4. The summed E-state index contributed by atoms with van der Waals surface area (Å²) in [6.45, 7) is 0. The largest absolute Gasteiger partial charge is 0.431 e. The first-order valence-electron chi connectivity index (χ1n) is 7.12. The molecule has 3 aromatic rings. The number of carbonyl (C=O) groups excluding carboxylic acids is 2. The second-order valence-corrected chi connectivity index (χ2v) is 6.27. The topological polar surface area (TPSA) is 97.1 Å². The third-order valence-electron chi connectivity index (χ3n) is 3.43. The molecule has 0 aliphatic heterocycles. The van der Waals surface area contributed by atoms with E-state index in [1.807, 2.05) is 24.3 Å². The number of oxazole rings is 1. The molecule has 116 valence electrons. The lowest BCUT2D eigenvalue weighted by molar-refractivity contribution is -0.117. The van der Waals surface area contributed by atoms with Crippen LogP contribution in [-0.2, 0) is 4.79 Å². The van der Waals surface area contributed by atoms with Crippen molar-refractivity contribution < 1.29 is 14.0 Å². The highest BCUT2D eigenvalue weighted by Gasteiger charge is 2.30. The zero-order valence-corrected chi connectivity index (χ0v) is 12.7. The summed E-state index contributed by atoms with van der Waals surface area (Å²) in [6, 6.07) is 7.66. The third kappa shape index (κ3) is 2.93. The molecule has 1 aromatic carbocycles. The molecule has 1 fully saturated rings. The van der Waals surface area contributed by atoms with Crippen molar-refractivity contribution in [3.63, 3.8) is 0 Å². The van der Waals surface area contributed by atoms with Crippen molar-refractivity contribution in [1.29, 1.82) is 0 Å². The second-order valence-electron chi connectivity index (χ2n) is 5.24. The Morgan fingerprint density at radius 1 is 1.17 bits per heavy atom. The minimum Gasteiger partial charge on any atom is -0.431 e. The van der Waals surface area contributed by atoms with E-state index in [0.717, 1.165) is 23.1 Å². The van der Waals surface area contributed by atoms with Crippen molar-refractivity contribution in [2.75, 3.05) is 10.6 Å². The molecule has 0 saturated heterocycles. The number of amides is 2. The maximum Gasteiger partial charge on any atom is 0.302 e. The van der Waals surface area contributed by atoms with Gasteiger partial charge < -0.3 is 4.42 Å². The molecule has 0 atom stereocenters. The predicted molar refractivity (Wildman–Crippen MR) is 85.4 cm³/mol. The Labute approximate surface area is 134 Å². The molecule has 0 unspecified atom stereocenters. The SMILES string of the molecule is O=C(Nc1nc2ccccc2s1)c1coc(NC(=O)C2CC2)n1. The molecular formula is C15H12N4O3S. The van der Waals surface area contributed by atoms with Gasteiger partial charge in [0.2, 0.25) is 5.91 Å². The summed E-state index contributed by atoms with van der Waals surface area (Å²) in [5.41, 5.74) is 0.917. The molecule has 7 nitrogen and oxygen atoms in total. The number of thiazole rings is 1. The number of anilines is 2. The van der Waals surface area contributed by atoms with Crippen LogP contribution < -0.4 is 10.6 Å². The van der Waals surface area contributed by atoms with Crippen molar-refractivity contribution in [3.8, 4) is 0 Å². The highest BCUT2D eigenvalue weighted by Crippen LogP contribution is 2.30. The minimum atomic E-state index is -0.431. The van der Waals surface area contributed by atoms with E-state index in [1.165, 1.54) is 17.6 Å². The highest BCUT2D eigenvalue weighted by atomic mass is 32.1. The highest BCUT2D eigenvalue weighted by molar-refractivity contribution is 7.22. The lowest BCUT2D eigenvalue weighted by Crippen LogP contribution is -2.15. The van der Waals surface area contributed by atoms with Gasteiger partial charge in [-0.05, 0) is 25.0 Å². The predicted octanol–water partition coefficient (Wildman–Crippen LogP) is 2.89. The Morgan fingerprint density at radius 2 is 2.00 bits per heavy atom. The van der Waals surface area contributed by atoms with Crippen LogP contribution in [0.4, 0.5) is 11.1 Å². The van der Waals surface area contributed by atoms with E-state index < -0.39 is 5.91 Å². The number of fused-ring (bicyclic) bond motifs is 1. The number of aromatic nitrogens is 2. The van der Waals surface area contributed by atoms with Crippen LogP contribution in [0.5, 0.6) is 0 Å². The Balaban J connectivity index is 1.46. The summed E-state index contributed by atoms with van der Waals surface area (Å²) in [5.74, 6) is -0.508. The van der Waals surface area contributed by atoms with E-state index in [-0.39, 0.29) is 23.5 Å². The van der Waals surface area contributed by atoms with Crippen LogP contribution in [0.25, 0.3) is 10.2 Å². The van der Waals surface area contributed by atoms with Crippen molar-refractivity contribution in [2.45, 2.75) is 12.8 Å². The minimum absolute atomic E-state index is 0.0383. The molecule has 1 aliphatic rings. The maximum absolute atomic E-state index is 12.2. The quantitative estimate of drug-likeness (QED) is 0.767. The zero-order chi connectivity index (χ0) is 15.8. The first-order valence-corrected chi connectivity index (χ1v) is 7.94. The van der Waals surface area contributed by atoms with Crippen LogP contribution in [0.3, 0.4) is 0 Å². The van der Waals surface area contributed by atoms with E-state index in [9.17, 15) is 9.59 Å². The van der Waals surface area contributed by atoms with Gasteiger partial charge in [-0.1, -0.05) is 23.5 Å². The van der Waals surface area contributed by atoms with Crippen molar-refractivity contribution in [1.82, 2.24) is 9.97 Å². The number of hydrogen-bond donors (Lipinski definition) is 2. The van der Waals surface area contributed by atoms with Crippen molar-refractivity contribution in [2.24, 2.45) is 5.92 Å². The van der Waals surface area contributed by atoms with Gasteiger partial charge in [0, 0.05) is 5.92 Å². The summed E-state index contributed by atoms with van der Waals surface area (Å²) in [5, 5.41) is 5.73. The maximum atomic E-state index is 12.2. The Morgan fingerprint density at radius 3 is 2.78 bits per heavy atom. The van der Waals surface area contributed by atoms with Gasteiger partial charge in [0.25, 0.3) is 5.91 Å². The van der Waals surface area contributed by atoms with Crippen LogP contribution in [0.15, 0.2) is 34.9 Å². The molecule has 8 heteroatoms. The van der Waals surface area contributed by atoms with Crippen LogP contribution >= 0.6 is 11.3 Å². The first kappa shape index (κ1) is 13.9. The third-order valence-corrected chi connectivity index (χ3v) is 4.38. The molecule has 1 aliphatic carbocycles. The number of hydrogen-bond acceptors (Lipinski definition) is 6. The van der Waals surface area contributed by atoms with E-state index in [2.05, 4.69) is 20.6 Å². The number of nitrogens with one attached hydrogen (secondary N) is 2. The fraction of sp³-hybridized carbons (Fsp3) is 0.200. The normalized spacial score (nSPS) is 13.9. The summed E-state index contributed by atoms with van der Waals surface area (Å²) >= 11 is 1.38. The summed E-state index contributed by atoms with van der Waals surface area (Å²) in [7, 11) is 0. The molecule has 2 aromatic heterocycles. The van der Waals surface area contributed by atoms with Crippen molar-refractivity contribution in [3.05, 3.63) is 36.2 Å². The standard InChI is InChI=1S/C15H12N4O3S/c20-12(8-5-6-8)18-14-16-10(7-22-14)13(21)19-15-17-9-3-1-2-4-11(9)23-15/h1-4,7-8H,5-6H2,(H,16,18,20)(H,17,19,21). The number of benzene rings is 1. The van der Waals surface area contributed by atoms with E-state index in [4.69, 9.17) is 4.42 Å². The fourth-order valence-electron chi connectivity index (χ4n) is 2.08. The average Bonchev–Trinajstić information content (AvgIpc) is 3.16. The lowest BCUT2D eigenvalue weighted by Gasteiger charge is -1.97. The molecule has 0 radical (unpaired) electrons. The molecule has 2 amide bonds.